The molecule has 0 saturated carbocycles. The Balaban J connectivity index is 1.35. The van der Waals surface area contributed by atoms with E-state index in [1.807, 2.05) is 6.92 Å². The molecule has 0 radical (unpaired) electrons. The van der Waals surface area contributed by atoms with Gasteiger partial charge in [0.15, 0.2) is 4.34 Å². The number of carbonyl (C=O) groups is 1. The van der Waals surface area contributed by atoms with E-state index in [9.17, 15) is 4.79 Å². The molecule has 0 saturated heterocycles. The molecule has 7 nitrogen and oxygen atoms in total. The molecule has 2 N–H and O–H groups in total. The first-order valence-corrected chi connectivity index (χ1v) is 9.97. The Hall–Kier alpha value is -1.45. The zero-order valence-corrected chi connectivity index (χ0v) is 15.4. The molecular weight excluding hydrogens is 344 g/mol. The van der Waals surface area contributed by atoms with Crippen molar-refractivity contribution in [2.24, 2.45) is 0 Å². The summed E-state index contributed by atoms with van der Waals surface area (Å²) < 4.78 is 3.02. The van der Waals surface area contributed by atoms with Gasteiger partial charge < -0.3 is 10.6 Å². The Labute approximate surface area is 149 Å². The predicted octanol–water partition coefficient (Wildman–Crippen LogP) is 1.38. The van der Waals surface area contributed by atoms with Gasteiger partial charge in [-0.15, -0.1) is 10.2 Å². The van der Waals surface area contributed by atoms with E-state index in [0.29, 0.717) is 19.4 Å². The highest BCUT2D eigenvalue weighted by Crippen LogP contribution is 2.20. The highest BCUT2D eigenvalue weighted by Gasteiger charge is 2.11. The van der Waals surface area contributed by atoms with Gasteiger partial charge >= 0.3 is 0 Å². The van der Waals surface area contributed by atoms with Crippen LogP contribution in [0, 0.1) is 6.92 Å². The SMILES string of the molecule is Cc1nnc(SCCNC(=O)CCc2cc3n(n2)CCCNC3)s1. The second kappa shape index (κ2) is 8.59. The molecule has 2 aromatic rings. The molecule has 24 heavy (non-hydrogen) atoms. The molecule has 9 heteroatoms. The van der Waals surface area contributed by atoms with Crippen LogP contribution >= 0.6 is 23.1 Å². The van der Waals surface area contributed by atoms with Crippen LogP contribution in [0.25, 0.3) is 0 Å². The van der Waals surface area contributed by atoms with E-state index in [2.05, 4.69) is 36.7 Å². The van der Waals surface area contributed by atoms with Gasteiger partial charge in [0.2, 0.25) is 5.91 Å². The quantitative estimate of drug-likeness (QED) is 0.569. The monoisotopic (exact) mass is 366 g/mol. The molecule has 3 rings (SSSR count). The first kappa shape index (κ1) is 17.4. The predicted molar refractivity (Wildman–Crippen MR) is 95.3 cm³/mol. The lowest BCUT2D eigenvalue weighted by molar-refractivity contribution is -0.120. The highest BCUT2D eigenvalue weighted by molar-refractivity contribution is 8.01. The molecule has 3 heterocycles. The zero-order valence-electron chi connectivity index (χ0n) is 13.7. The average Bonchev–Trinajstić information content (AvgIpc) is 3.09. The number of aryl methyl sites for hydroxylation is 3. The fourth-order valence-corrected chi connectivity index (χ4v) is 4.28. The maximum absolute atomic E-state index is 11.9. The van der Waals surface area contributed by atoms with Gasteiger partial charge in [-0.1, -0.05) is 23.1 Å². The number of hydrogen-bond donors (Lipinski definition) is 2. The Bertz CT molecular complexity index is 660. The largest absolute Gasteiger partial charge is 0.355 e. The fraction of sp³-hybridized carbons (Fsp3) is 0.600. The first-order valence-electron chi connectivity index (χ1n) is 8.16. The van der Waals surface area contributed by atoms with Crippen LogP contribution in [0.5, 0.6) is 0 Å². The summed E-state index contributed by atoms with van der Waals surface area (Å²) in [5.41, 5.74) is 2.22. The van der Waals surface area contributed by atoms with Crippen molar-refractivity contribution < 1.29 is 4.79 Å². The number of rotatable bonds is 7. The number of aromatic nitrogens is 4. The number of hydrogen-bond acceptors (Lipinski definition) is 7. The molecule has 0 bridgehead atoms. The lowest BCUT2D eigenvalue weighted by Gasteiger charge is -2.03. The van der Waals surface area contributed by atoms with Crippen LogP contribution in [0.15, 0.2) is 10.4 Å². The maximum Gasteiger partial charge on any atom is 0.220 e. The van der Waals surface area contributed by atoms with E-state index in [-0.39, 0.29) is 5.91 Å². The third-order valence-corrected chi connectivity index (χ3v) is 5.68. The zero-order chi connectivity index (χ0) is 16.8. The summed E-state index contributed by atoms with van der Waals surface area (Å²) >= 11 is 3.21. The van der Waals surface area contributed by atoms with E-state index >= 15 is 0 Å². The number of nitrogens with one attached hydrogen (secondary N) is 2. The van der Waals surface area contributed by atoms with Gasteiger partial charge in [-0.25, -0.2) is 0 Å². The summed E-state index contributed by atoms with van der Waals surface area (Å²) in [6.45, 7) is 5.44. The number of amides is 1. The third-order valence-electron chi connectivity index (χ3n) is 3.71. The van der Waals surface area contributed by atoms with Crippen molar-refractivity contribution in [3.63, 3.8) is 0 Å². The van der Waals surface area contributed by atoms with E-state index in [1.54, 1.807) is 23.1 Å². The fourth-order valence-electron chi connectivity index (χ4n) is 2.54. The third kappa shape index (κ3) is 5.02. The molecule has 1 aliphatic rings. The molecule has 0 aromatic carbocycles. The van der Waals surface area contributed by atoms with Crippen LogP contribution in [-0.2, 0) is 24.3 Å². The topological polar surface area (TPSA) is 84.7 Å². The molecule has 0 unspecified atom stereocenters. The van der Waals surface area contributed by atoms with Gasteiger partial charge in [0.1, 0.15) is 5.01 Å². The lowest BCUT2D eigenvalue weighted by atomic mass is 10.2. The van der Waals surface area contributed by atoms with Gasteiger partial charge in [0, 0.05) is 38.2 Å². The molecule has 0 aliphatic carbocycles. The van der Waals surface area contributed by atoms with Gasteiger partial charge in [0.05, 0.1) is 11.4 Å². The second-order valence-electron chi connectivity index (χ2n) is 5.67. The van der Waals surface area contributed by atoms with Crippen LogP contribution in [0.3, 0.4) is 0 Å². The van der Waals surface area contributed by atoms with Crippen molar-refractivity contribution in [1.29, 1.82) is 0 Å². The van der Waals surface area contributed by atoms with Gasteiger partial charge in [-0.2, -0.15) is 5.10 Å². The Kier molecular flexibility index (Phi) is 6.22. The van der Waals surface area contributed by atoms with E-state index in [4.69, 9.17) is 0 Å². The summed E-state index contributed by atoms with van der Waals surface area (Å²) in [6, 6.07) is 2.11. The van der Waals surface area contributed by atoms with Gasteiger partial charge in [0.25, 0.3) is 0 Å². The minimum atomic E-state index is 0.0744. The van der Waals surface area contributed by atoms with Crippen molar-refractivity contribution >= 4 is 29.0 Å². The normalized spacial score (nSPS) is 14.2. The minimum absolute atomic E-state index is 0.0744. The van der Waals surface area contributed by atoms with Crippen LogP contribution < -0.4 is 10.6 Å². The maximum atomic E-state index is 11.9. The molecule has 1 amide bonds. The van der Waals surface area contributed by atoms with Crippen molar-refractivity contribution in [1.82, 2.24) is 30.6 Å². The van der Waals surface area contributed by atoms with E-state index in [1.165, 1.54) is 5.69 Å². The summed E-state index contributed by atoms with van der Waals surface area (Å²) in [4.78, 5) is 11.9. The number of fused-ring (bicyclic) bond motifs is 1. The number of thioether (sulfide) groups is 1. The number of carbonyl (C=O) groups excluding carboxylic acids is 1. The van der Waals surface area contributed by atoms with Gasteiger partial charge in [-0.3, -0.25) is 9.48 Å². The van der Waals surface area contributed by atoms with Crippen molar-refractivity contribution in [2.45, 2.75) is 43.6 Å². The molecule has 0 fully saturated rings. The summed E-state index contributed by atoms with van der Waals surface area (Å²) in [5, 5.41) is 19.9. The number of nitrogens with zero attached hydrogens (tertiary/aromatic N) is 4. The Morgan fingerprint density at radius 3 is 3.25 bits per heavy atom. The van der Waals surface area contributed by atoms with Crippen molar-refractivity contribution in [3.05, 3.63) is 22.5 Å². The van der Waals surface area contributed by atoms with Gasteiger partial charge in [-0.05, 0) is 26.0 Å². The molecule has 1 aliphatic heterocycles. The van der Waals surface area contributed by atoms with Crippen molar-refractivity contribution in [3.8, 4) is 0 Å². The average molecular weight is 367 g/mol. The summed E-state index contributed by atoms with van der Waals surface area (Å²) in [5.74, 6) is 0.885. The molecule has 130 valence electrons. The van der Waals surface area contributed by atoms with Crippen LogP contribution in [0.4, 0.5) is 0 Å². The molecular formula is C15H22N6OS2. The standard InChI is InChI=1S/C15H22N6OS2/c1-11-18-19-15(24-11)23-8-6-17-14(22)4-3-12-9-13-10-16-5-2-7-21(13)20-12/h9,16H,2-8,10H2,1H3,(H,17,22). The van der Waals surface area contributed by atoms with Crippen molar-refractivity contribution in [2.75, 3.05) is 18.8 Å². The highest BCUT2D eigenvalue weighted by atomic mass is 32.2. The van der Waals surface area contributed by atoms with Crippen LogP contribution in [-0.4, -0.2) is 44.7 Å². The Morgan fingerprint density at radius 1 is 1.50 bits per heavy atom. The molecule has 0 spiro atoms. The second-order valence-corrected chi connectivity index (χ2v) is 8.19. The van der Waals surface area contributed by atoms with Crippen LogP contribution in [0.1, 0.15) is 29.2 Å². The first-order chi connectivity index (χ1) is 11.7. The van der Waals surface area contributed by atoms with E-state index < -0.39 is 0 Å². The Morgan fingerprint density at radius 2 is 2.42 bits per heavy atom. The molecule has 2 aromatic heterocycles. The summed E-state index contributed by atoms with van der Waals surface area (Å²) in [6.07, 6.45) is 2.27. The minimum Gasteiger partial charge on any atom is -0.355 e. The van der Waals surface area contributed by atoms with E-state index in [0.717, 1.165) is 46.8 Å². The molecule has 0 atom stereocenters. The smallest absolute Gasteiger partial charge is 0.220 e. The lowest BCUT2D eigenvalue weighted by Crippen LogP contribution is -2.25. The van der Waals surface area contributed by atoms with Crippen LogP contribution in [0.2, 0.25) is 0 Å². The summed E-state index contributed by atoms with van der Waals surface area (Å²) in [7, 11) is 0.